The molecule has 0 atom stereocenters. The standard InChI is InChI=1S/C48H30B2N2/c1-7-19-41-33(13-1)37-17-5-11-23-46(37)52-48-28-26-32(30-40(48)35-15-3-9-21-43(35)49(41)52)31-25-27-44-39(29-31)38-18-6-12-24-47(38)51-45-22-10-4-16-36(45)34-14-2-8-20-42(34)50(44)51/h1-30H. The quantitative estimate of drug-likeness (QED) is 0.163. The zero-order chi connectivity index (χ0) is 33.9. The van der Waals surface area contributed by atoms with E-state index in [-0.39, 0.29) is 13.7 Å². The van der Waals surface area contributed by atoms with Crippen molar-refractivity contribution in [2.45, 2.75) is 0 Å². The smallest absolute Gasteiger partial charge is 0.329 e. The predicted octanol–water partition coefficient (Wildman–Crippen LogP) is 9.16. The predicted molar refractivity (Wildman–Crippen MR) is 221 cm³/mol. The monoisotopic (exact) mass is 656 g/mol. The number of fused-ring (bicyclic) bond motifs is 22. The highest BCUT2D eigenvalue weighted by atomic mass is 15.1. The van der Waals surface area contributed by atoms with E-state index in [2.05, 4.69) is 192 Å². The van der Waals surface area contributed by atoms with Gasteiger partial charge in [0.2, 0.25) is 0 Å². The molecular weight excluding hydrogens is 626 g/mol. The zero-order valence-electron chi connectivity index (χ0n) is 28.4. The van der Waals surface area contributed by atoms with Gasteiger partial charge in [-0.1, -0.05) is 146 Å². The van der Waals surface area contributed by atoms with Crippen molar-refractivity contribution in [3.8, 4) is 55.6 Å². The molecule has 2 nitrogen and oxygen atoms in total. The van der Waals surface area contributed by atoms with Crippen molar-refractivity contribution < 1.29 is 0 Å². The third kappa shape index (κ3) is 3.71. The van der Waals surface area contributed by atoms with Gasteiger partial charge in [-0.15, -0.1) is 0 Å². The van der Waals surface area contributed by atoms with Crippen molar-refractivity contribution in [1.29, 1.82) is 0 Å². The van der Waals surface area contributed by atoms with Crippen LogP contribution in [-0.2, 0) is 0 Å². The average Bonchev–Trinajstić information content (AvgIpc) is 3.23. The van der Waals surface area contributed by atoms with Crippen LogP contribution in [-0.4, -0.2) is 13.7 Å². The molecule has 0 saturated heterocycles. The molecule has 52 heavy (non-hydrogen) atoms. The Morgan fingerprint density at radius 2 is 0.577 bits per heavy atom. The van der Waals surface area contributed by atoms with Crippen LogP contribution in [0.1, 0.15) is 0 Å². The van der Waals surface area contributed by atoms with E-state index in [4.69, 9.17) is 0 Å². The van der Waals surface area contributed by atoms with E-state index < -0.39 is 0 Å². The highest BCUT2D eigenvalue weighted by molar-refractivity contribution is 6.93. The molecule has 0 radical (unpaired) electrons. The topological polar surface area (TPSA) is 6.48 Å². The van der Waals surface area contributed by atoms with E-state index in [1.54, 1.807) is 0 Å². The molecule has 0 aromatic heterocycles. The normalized spacial score (nSPS) is 13.6. The SMILES string of the molecule is c1ccc2c(c1)B1c3ccc(-c4ccc5c(c4)-c4ccccc4B4c6ccccc6-c6ccccc6N45)cc3-c3ccccc3N1c1ccccc1-2. The van der Waals surface area contributed by atoms with Gasteiger partial charge in [0.1, 0.15) is 0 Å². The Morgan fingerprint density at radius 3 is 1.08 bits per heavy atom. The fraction of sp³-hybridized carbons (Fsp3) is 0. The Labute approximate surface area is 304 Å². The molecule has 4 aliphatic heterocycles. The molecule has 0 amide bonds. The van der Waals surface area contributed by atoms with Crippen LogP contribution in [0.5, 0.6) is 0 Å². The lowest BCUT2D eigenvalue weighted by Gasteiger charge is -2.43. The van der Waals surface area contributed by atoms with E-state index in [1.807, 2.05) is 0 Å². The molecule has 0 N–H and O–H groups in total. The molecule has 4 heterocycles. The van der Waals surface area contributed by atoms with Crippen LogP contribution in [0.15, 0.2) is 182 Å². The lowest BCUT2D eigenvalue weighted by molar-refractivity contribution is 1.34. The molecule has 8 aromatic rings. The van der Waals surface area contributed by atoms with E-state index >= 15 is 0 Å². The van der Waals surface area contributed by atoms with Crippen molar-refractivity contribution in [2.75, 3.05) is 9.62 Å². The largest absolute Gasteiger partial charge is 0.376 e. The van der Waals surface area contributed by atoms with Gasteiger partial charge >= 0.3 is 13.7 Å². The number of hydrogen-bond donors (Lipinski definition) is 0. The van der Waals surface area contributed by atoms with E-state index in [1.165, 1.54) is 100 Å². The number of benzene rings is 8. The number of anilines is 4. The maximum absolute atomic E-state index is 2.58. The van der Waals surface area contributed by atoms with Crippen molar-refractivity contribution in [2.24, 2.45) is 0 Å². The maximum Gasteiger partial charge on any atom is 0.329 e. The van der Waals surface area contributed by atoms with E-state index in [0.717, 1.165) is 0 Å². The van der Waals surface area contributed by atoms with Gasteiger partial charge < -0.3 is 9.62 Å². The van der Waals surface area contributed by atoms with Gasteiger partial charge in [-0.3, -0.25) is 0 Å². The maximum atomic E-state index is 2.58. The molecule has 0 saturated carbocycles. The summed E-state index contributed by atoms with van der Waals surface area (Å²) in [5.41, 5.74) is 23.3. The Morgan fingerprint density at radius 1 is 0.250 bits per heavy atom. The Balaban J connectivity index is 1.05. The van der Waals surface area contributed by atoms with Crippen LogP contribution in [0.2, 0.25) is 0 Å². The van der Waals surface area contributed by atoms with Crippen LogP contribution in [0.25, 0.3) is 55.6 Å². The molecule has 0 fully saturated rings. The van der Waals surface area contributed by atoms with E-state index in [0.29, 0.717) is 0 Å². The molecular formula is C48H30B2N2. The number of hydrogen-bond acceptors (Lipinski definition) is 2. The molecule has 4 aliphatic rings. The highest BCUT2D eigenvalue weighted by Gasteiger charge is 2.43. The van der Waals surface area contributed by atoms with Crippen LogP contribution < -0.4 is 31.5 Å². The Hall–Kier alpha value is -6.51. The first kappa shape index (κ1) is 28.2. The molecule has 0 spiro atoms. The minimum absolute atomic E-state index is 0.0967. The van der Waals surface area contributed by atoms with Crippen LogP contribution in [0.4, 0.5) is 22.7 Å². The summed E-state index contributed by atoms with van der Waals surface area (Å²) in [6.07, 6.45) is 0. The summed E-state index contributed by atoms with van der Waals surface area (Å²) >= 11 is 0. The minimum Gasteiger partial charge on any atom is -0.376 e. The van der Waals surface area contributed by atoms with Gasteiger partial charge in [0.05, 0.1) is 0 Å². The summed E-state index contributed by atoms with van der Waals surface area (Å²) in [6, 6.07) is 68.0. The fourth-order valence-corrected chi connectivity index (χ4v) is 9.73. The second-order valence-electron chi connectivity index (χ2n) is 14.4. The second-order valence-corrected chi connectivity index (χ2v) is 14.4. The van der Waals surface area contributed by atoms with Crippen LogP contribution in [0, 0.1) is 0 Å². The molecule has 12 rings (SSSR count). The first-order valence-corrected chi connectivity index (χ1v) is 18.3. The summed E-state index contributed by atoms with van der Waals surface area (Å²) in [7, 11) is 0. The van der Waals surface area contributed by atoms with Gasteiger partial charge in [0.15, 0.2) is 0 Å². The summed E-state index contributed by atoms with van der Waals surface area (Å²) in [5.74, 6) is 0. The van der Waals surface area contributed by atoms with Crippen LogP contribution in [0.3, 0.4) is 0 Å². The van der Waals surface area contributed by atoms with Crippen molar-refractivity contribution in [1.82, 2.24) is 0 Å². The van der Waals surface area contributed by atoms with E-state index in [9.17, 15) is 0 Å². The Bertz CT molecular complexity index is 2610. The second kappa shape index (κ2) is 10.5. The summed E-state index contributed by atoms with van der Waals surface area (Å²) in [4.78, 5) is 5.14. The highest BCUT2D eigenvalue weighted by Crippen LogP contribution is 2.49. The summed E-state index contributed by atoms with van der Waals surface area (Å²) in [5, 5.41) is 0. The molecule has 0 bridgehead atoms. The van der Waals surface area contributed by atoms with Gasteiger partial charge in [-0.25, -0.2) is 0 Å². The average molecular weight is 656 g/mol. The van der Waals surface area contributed by atoms with Crippen molar-refractivity contribution in [3.63, 3.8) is 0 Å². The minimum atomic E-state index is 0.0967. The van der Waals surface area contributed by atoms with Crippen molar-refractivity contribution >= 4 is 58.3 Å². The van der Waals surface area contributed by atoms with Gasteiger partial charge in [0.25, 0.3) is 0 Å². The molecule has 238 valence electrons. The Kier molecular flexibility index (Phi) is 5.70. The number of para-hydroxylation sites is 3. The molecule has 8 aromatic carbocycles. The summed E-state index contributed by atoms with van der Waals surface area (Å²) in [6.45, 7) is 0.215. The van der Waals surface area contributed by atoms with Crippen LogP contribution >= 0.6 is 0 Å². The molecule has 0 aliphatic carbocycles. The van der Waals surface area contributed by atoms with Gasteiger partial charge in [0, 0.05) is 45.0 Å². The summed E-state index contributed by atoms with van der Waals surface area (Å²) < 4.78 is 0. The molecule has 4 heteroatoms. The first-order valence-electron chi connectivity index (χ1n) is 18.3. The van der Waals surface area contributed by atoms with Gasteiger partial charge in [-0.2, -0.15) is 0 Å². The fourth-order valence-electron chi connectivity index (χ4n) is 9.73. The number of nitrogens with zero attached hydrogens (tertiary/aromatic N) is 2. The van der Waals surface area contributed by atoms with Crippen molar-refractivity contribution in [3.05, 3.63) is 182 Å². The third-order valence-electron chi connectivity index (χ3n) is 11.9. The zero-order valence-corrected chi connectivity index (χ0v) is 28.4. The lowest BCUT2D eigenvalue weighted by Crippen LogP contribution is -2.59. The first-order chi connectivity index (χ1) is 25.8. The lowest BCUT2D eigenvalue weighted by atomic mass is 9.43. The molecule has 0 unspecified atom stereocenters. The third-order valence-corrected chi connectivity index (χ3v) is 11.9. The van der Waals surface area contributed by atoms with Gasteiger partial charge in [-0.05, 0) is 91.6 Å². The number of rotatable bonds is 1.